The van der Waals surface area contributed by atoms with Crippen LogP contribution in [-0.4, -0.2) is 34.8 Å². The number of amides is 1. The van der Waals surface area contributed by atoms with E-state index >= 15 is 0 Å². The Labute approximate surface area is 163 Å². The predicted molar refractivity (Wildman–Crippen MR) is 104 cm³/mol. The topological polar surface area (TPSA) is 49.8 Å². The molecule has 1 unspecified atom stereocenters. The van der Waals surface area contributed by atoms with Crippen molar-refractivity contribution in [1.29, 1.82) is 0 Å². The molecule has 1 aliphatic heterocycles. The van der Waals surface area contributed by atoms with Gasteiger partial charge in [0.2, 0.25) is 0 Å². The molecule has 0 spiro atoms. The summed E-state index contributed by atoms with van der Waals surface area (Å²) in [7, 11) is 0. The van der Waals surface area contributed by atoms with Gasteiger partial charge >= 0.3 is 6.09 Å². The zero-order valence-corrected chi connectivity index (χ0v) is 18.0. The second kappa shape index (κ2) is 7.09. The van der Waals surface area contributed by atoms with Crippen molar-refractivity contribution in [1.82, 2.24) is 4.90 Å². The number of piperidine rings is 1. The molecule has 0 saturated carbocycles. The van der Waals surface area contributed by atoms with E-state index in [1.807, 2.05) is 53.7 Å². The SMILES string of the molecule is Cc1cc(Br)cc(Cl)c1C1(O)[C@H](C)CN(C(=O)OC(C)(C)C)C[C@@H]1C. The molecular weight excluding hydrogens is 406 g/mol. The molecule has 1 saturated heterocycles. The standard InChI is InChI=1S/C19H27BrClNO3/c1-11-7-14(20)8-15(21)16(11)19(24)12(2)9-22(10-13(19)3)17(23)25-18(4,5)6/h7-8,12-13,24H,9-10H2,1-6H3/t12-,13+,19?. The molecule has 0 radical (unpaired) electrons. The Morgan fingerprint density at radius 3 is 2.28 bits per heavy atom. The van der Waals surface area contributed by atoms with Crippen molar-refractivity contribution in [2.24, 2.45) is 11.8 Å². The van der Waals surface area contributed by atoms with Gasteiger partial charge in [-0.3, -0.25) is 0 Å². The van der Waals surface area contributed by atoms with Gasteiger partial charge in [-0.1, -0.05) is 41.4 Å². The number of benzene rings is 1. The number of carbonyl (C=O) groups excluding carboxylic acids is 1. The number of ether oxygens (including phenoxy) is 1. The maximum atomic E-state index is 12.4. The minimum atomic E-state index is -1.10. The molecule has 3 atom stereocenters. The lowest BCUT2D eigenvalue weighted by Gasteiger charge is -2.48. The minimum Gasteiger partial charge on any atom is -0.444 e. The van der Waals surface area contributed by atoms with Crippen LogP contribution in [0, 0.1) is 18.8 Å². The molecule has 1 aliphatic rings. The molecule has 0 aliphatic carbocycles. The monoisotopic (exact) mass is 431 g/mol. The molecule has 2 rings (SSSR count). The summed E-state index contributed by atoms with van der Waals surface area (Å²) < 4.78 is 6.37. The zero-order chi connectivity index (χ0) is 19.2. The van der Waals surface area contributed by atoms with Crippen molar-refractivity contribution in [2.75, 3.05) is 13.1 Å². The molecular formula is C19H27BrClNO3. The van der Waals surface area contributed by atoms with Gasteiger partial charge in [-0.25, -0.2) is 4.79 Å². The van der Waals surface area contributed by atoms with Crippen LogP contribution in [0.4, 0.5) is 4.79 Å². The van der Waals surface area contributed by atoms with Gasteiger partial charge in [0.25, 0.3) is 0 Å². The number of aliphatic hydroxyl groups is 1. The van der Waals surface area contributed by atoms with E-state index < -0.39 is 11.2 Å². The Morgan fingerprint density at radius 2 is 1.84 bits per heavy atom. The molecule has 140 valence electrons. The Bertz CT molecular complexity index is 636. The summed E-state index contributed by atoms with van der Waals surface area (Å²) in [5, 5.41) is 12.1. The highest BCUT2D eigenvalue weighted by Crippen LogP contribution is 2.46. The summed E-state index contributed by atoms with van der Waals surface area (Å²) >= 11 is 9.92. The van der Waals surface area contributed by atoms with Gasteiger partial charge in [0.15, 0.2) is 0 Å². The number of halogens is 2. The fraction of sp³-hybridized carbons (Fsp3) is 0.632. The van der Waals surface area contributed by atoms with Gasteiger partial charge in [-0.2, -0.15) is 0 Å². The van der Waals surface area contributed by atoms with Crippen LogP contribution in [0.1, 0.15) is 45.7 Å². The number of nitrogens with zero attached hydrogens (tertiary/aromatic N) is 1. The molecule has 4 nitrogen and oxygen atoms in total. The van der Waals surface area contributed by atoms with Crippen molar-refractivity contribution in [3.8, 4) is 0 Å². The lowest BCUT2D eigenvalue weighted by Crippen LogP contribution is -2.56. The quantitative estimate of drug-likeness (QED) is 0.670. The maximum absolute atomic E-state index is 12.4. The molecule has 1 amide bonds. The summed E-state index contributed by atoms with van der Waals surface area (Å²) in [6.45, 7) is 12.2. The van der Waals surface area contributed by atoms with Gasteiger partial charge in [0, 0.05) is 40.0 Å². The van der Waals surface area contributed by atoms with E-state index in [2.05, 4.69) is 15.9 Å². The summed E-state index contributed by atoms with van der Waals surface area (Å²) in [5.41, 5.74) is 0.0519. The van der Waals surface area contributed by atoms with Crippen molar-refractivity contribution < 1.29 is 14.6 Å². The molecule has 25 heavy (non-hydrogen) atoms. The van der Waals surface area contributed by atoms with Gasteiger partial charge in [0.05, 0.1) is 5.60 Å². The van der Waals surface area contributed by atoms with Crippen LogP contribution in [0.5, 0.6) is 0 Å². The molecule has 1 heterocycles. The van der Waals surface area contributed by atoms with Crippen molar-refractivity contribution in [3.05, 3.63) is 32.8 Å². The number of carbonyl (C=O) groups is 1. The Kier molecular flexibility index (Phi) is 5.82. The average Bonchev–Trinajstić information content (AvgIpc) is 2.41. The van der Waals surface area contributed by atoms with Gasteiger partial charge < -0.3 is 14.7 Å². The van der Waals surface area contributed by atoms with E-state index in [0.29, 0.717) is 18.1 Å². The average molecular weight is 433 g/mol. The summed E-state index contributed by atoms with van der Waals surface area (Å²) in [4.78, 5) is 14.1. The van der Waals surface area contributed by atoms with E-state index in [4.69, 9.17) is 16.3 Å². The van der Waals surface area contributed by atoms with Crippen molar-refractivity contribution in [3.63, 3.8) is 0 Å². The van der Waals surface area contributed by atoms with E-state index in [0.717, 1.165) is 15.6 Å². The fourth-order valence-corrected chi connectivity index (χ4v) is 4.80. The molecule has 0 bridgehead atoms. The summed E-state index contributed by atoms with van der Waals surface area (Å²) in [6.07, 6.45) is -0.341. The maximum Gasteiger partial charge on any atom is 0.410 e. The van der Waals surface area contributed by atoms with Crippen LogP contribution in [0.15, 0.2) is 16.6 Å². The van der Waals surface area contributed by atoms with Crippen LogP contribution in [0.2, 0.25) is 5.02 Å². The second-order valence-corrected chi connectivity index (χ2v) is 9.42. The Morgan fingerprint density at radius 1 is 1.32 bits per heavy atom. The first-order valence-electron chi connectivity index (χ1n) is 8.52. The number of hydrogen-bond acceptors (Lipinski definition) is 3. The third-order valence-corrected chi connectivity index (χ3v) is 5.55. The number of hydrogen-bond donors (Lipinski definition) is 1. The largest absolute Gasteiger partial charge is 0.444 e. The van der Waals surface area contributed by atoms with Gasteiger partial charge in [-0.15, -0.1) is 0 Å². The van der Waals surface area contributed by atoms with Gasteiger partial charge in [0.1, 0.15) is 5.60 Å². The summed E-state index contributed by atoms with van der Waals surface area (Å²) in [6, 6.07) is 3.76. The van der Waals surface area contributed by atoms with Crippen LogP contribution in [-0.2, 0) is 10.3 Å². The smallest absolute Gasteiger partial charge is 0.410 e. The normalized spacial score (nSPS) is 27.3. The fourth-order valence-electron chi connectivity index (χ4n) is 3.68. The highest BCUT2D eigenvalue weighted by molar-refractivity contribution is 9.10. The van der Waals surface area contributed by atoms with Crippen LogP contribution < -0.4 is 0 Å². The van der Waals surface area contributed by atoms with Crippen molar-refractivity contribution >= 4 is 33.6 Å². The molecule has 0 aromatic heterocycles. The lowest BCUT2D eigenvalue weighted by atomic mass is 9.69. The molecule has 1 aromatic rings. The Balaban J connectivity index is 2.33. The third kappa shape index (κ3) is 4.15. The molecule has 1 fully saturated rings. The van der Waals surface area contributed by atoms with Crippen LogP contribution in [0.3, 0.4) is 0 Å². The van der Waals surface area contributed by atoms with Crippen LogP contribution in [0.25, 0.3) is 0 Å². The first-order valence-corrected chi connectivity index (χ1v) is 9.69. The number of aryl methyl sites for hydroxylation is 1. The number of rotatable bonds is 1. The third-order valence-electron chi connectivity index (χ3n) is 4.80. The zero-order valence-electron chi connectivity index (χ0n) is 15.7. The first kappa shape index (κ1) is 20.5. The molecule has 1 N–H and O–H groups in total. The Hall–Kier alpha value is -0.780. The van der Waals surface area contributed by atoms with E-state index in [-0.39, 0.29) is 17.9 Å². The van der Waals surface area contributed by atoms with E-state index in [1.165, 1.54) is 0 Å². The molecule has 6 heteroatoms. The molecule has 1 aromatic carbocycles. The van der Waals surface area contributed by atoms with E-state index in [1.54, 1.807) is 4.90 Å². The van der Waals surface area contributed by atoms with E-state index in [9.17, 15) is 9.90 Å². The summed E-state index contributed by atoms with van der Waals surface area (Å²) in [5.74, 6) is -0.359. The van der Waals surface area contributed by atoms with Crippen LogP contribution >= 0.6 is 27.5 Å². The van der Waals surface area contributed by atoms with Gasteiger partial charge in [-0.05, 0) is 45.4 Å². The highest BCUT2D eigenvalue weighted by atomic mass is 79.9. The first-order chi connectivity index (χ1) is 11.4. The highest BCUT2D eigenvalue weighted by Gasteiger charge is 2.49. The second-order valence-electron chi connectivity index (χ2n) is 8.09. The lowest BCUT2D eigenvalue weighted by molar-refractivity contribution is -0.111. The minimum absolute atomic E-state index is 0.179. The number of likely N-dealkylation sites (tertiary alicyclic amines) is 1. The van der Waals surface area contributed by atoms with Crippen molar-refractivity contribution in [2.45, 2.75) is 52.7 Å². The predicted octanol–water partition coefficient (Wildman–Crippen LogP) is 5.12.